The van der Waals surface area contributed by atoms with E-state index >= 15 is 0 Å². The topological polar surface area (TPSA) is 38.3 Å². The largest absolute Gasteiger partial charge is 0.483 e. The molecule has 0 fully saturated rings. The Kier molecular flexibility index (Phi) is 6.04. The molecule has 1 N–H and O–H groups in total. The van der Waals surface area contributed by atoms with E-state index in [2.05, 4.69) is 65.9 Å². The quantitative estimate of drug-likeness (QED) is 0.729. The second-order valence-corrected chi connectivity index (χ2v) is 9.35. The fourth-order valence-electron chi connectivity index (χ4n) is 2.87. The number of benzene rings is 2. The molecule has 0 aliphatic rings. The molecule has 2 aromatic carbocycles. The number of ether oxygens (including phenoxy) is 1. The second kappa shape index (κ2) is 7.75. The van der Waals surface area contributed by atoms with Crippen molar-refractivity contribution in [3.05, 3.63) is 58.7 Å². The van der Waals surface area contributed by atoms with Crippen molar-refractivity contribution < 1.29 is 9.53 Å². The lowest BCUT2D eigenvalue weighted by Crippen LogP contribution is -2.22. The van der Waals surface area contributed by atoms with Gasteiger partial charge in [0, 0.05) is 5.69 Å². The zero-order valence-corrected chi connectivity index (χ0v) is 18.0. The minimum Gasteiger partial charge on any atom is -0.483 e. The monoisotopic (exact) mass is 367 g/mol. The molecule has 0 saturated heterocycles. The molecule has 0 bridgehead atoms. The van der Waals surface area contributed by atoms with Gasteiger partial charge in [-0.3, -0.25) is 4.79 Å². The average Bonchev–Trinajstić information content (AvgIpc) is 2.54. The molecule has 0 heterocycles. The Bertz CT molecular complexity index is 823. The van der Waals surface area contributed by atoms with Crippen molar-refractivity contribution in [1.82, 2.24) is 0 Å². The maximum absolute atomic E-state index is 12.3. The van der Waals surface area contributed by atoms with Crippen molar-refractivity contribution in [2.45, 2.75) is 66.2 Å². The van der Waals surface area contributed by atoms with Crippen LogP contribution in [0.1, 0.15) is 63.8 Å². The Morgan fingerprint density at radius 3 is 2.11 bits per heavy atom. The van der Waals surface area contributed by atoms with Gasteiger partial charge in [-0.1, -0.05) is 59.7 Å². The highest BCUT2D eigenvalue weighted by Crippen LogP contribution is 2.35. The SMILES string of the molecule is Cc1ccc(NC(=O)COc2ccc(C(C)(C)C)cc2C(C)(C)C)cc1C. The van der Waals surface area contributed by atoms with E-state index in [0.717, 1.165) is 22.6 Å². The van der Waals surface area contributed by atoms with Crippen molar-refractivity contribution in [3.8, 4) is 5.75 Å². The number of carbonyl (C=O) groups excluding carboxylic acids is 1. The number of carbonyl (C=O) groups is 1. The lowest BCUT2D eigenvalue weighted by Gasteiger charge is -2.27. The van der Waals surface area contributed by atoms with Crippen LogP contribution in [0.5, 0.6) is 5.75 Å². The summed E-state index contributed by atoms with van der Waals surface area (Å²) in [6.45, 7) is 17.2. The van der Waals surface area contributed by atoms with Crippen LogP contribution in [0, 0.1) is 13.8 Å². The van der Waals surface area contributed by atoms with Gasteiger partial charge in [-0.15, -0.1) is 0 Å². The zero-order valence-electron chi connectivity index (χ0n) is 18.0. The van der Waals surface area contributed by atoms with Crippen molar-refractivity contribution in [3.63, 3.8) is 0 Å². The zero-order chi connectivity index (χ0) is 20.4. The predicted molar refractivity (Wildman–Crippen MR) is 114 cm³/mol. The summed E-state index contributed by atoms with van der Waals surface area (Å²) in [5.74, 6) is 0.615. The Labute approximate surface area is 164 Å². The van der Waals surface area contributed by atoms with E-state index in [9.17, 15) is 4.79 Å². The summed E-state index contributed by atoms with van der Waals surface area (Å²) in [4.78, 5) is 12.3. The lowest BCUT2D eigenvalue weighted by atomic mass is 9.80. The number of hydrogen-bond donors (Lipinski definition) is 1. The van der Waals surface area contributed by atoms with Crippen molar-refractivity contribution >= 4 is 11.6 Å². The first-order chi connectivity index (χ1) is 12.4. The van der Waals surface area contributed by atoms with E-state index in [1.54, 1.807) is 0 Å². The summed E-state index contributed by atoms with van der Waals surface area (Å²) in [5.41, 5.74) is 5.54. The van der Waals surface area contributed by atoms with Gasteiger partial charge in [-0.05, 0) is 65.1 Å². The molecule has 0 aliphatic heterocycles. The summed E-state index contributed by atoms with van der Waals surface area (Å²) in [6, 6.07) is 12.2. The minimum absolute atomic E-state index is 0.00906. The first-order valence-electron chi connectivity index (χ1n) is 9.53. The first kappa shape index (κ1) is 21.0. The standard InChI is InChI=1S/C24H33NO2/c1-16-9-11-19(13-17(16)2)25-22(26)15-27-21-12-10-18(23(3,4)5)14-20(21)24(6,7)8/h9-14H,15H2,1-8H3,(H,25,26). The maximum Gasteiger partial charge on any atom is 0.262 e. The van der Waals surface area contributed by atoms with Crippen LogP contribution in [0.4, 0.5) is 5.69 Å². The number of rotatable bonds is 4. The van der Waals surface area contributed by atoms with E-state index in [4.69, 9.17) is 4.74 Å². The van der Waals surface area contributed by atoms with Crippen LogP contribution in [-0.2, 0) is 15.6 Å². The number of nitrogens with one attached hydrogen (secondary N) is 1. The maximum atomic E-state index is 12.3. The molecule has 0 radical (unpaired) electrons. The summed E-state index contributed by atoms with van der Waals surface area (Å²) in [5, 5.41) is 2.91. The number of amides is 1. The predicted octanol–water partition coefficient (Wildman–Crippen LogP) is 5.92. The molecule has 1 amide bonds. The van der Waals surface area contributed by atoms with Crippen LogP contribution >= 0.6 is 0 Å². The molecule has 0 unspecified atom stereocenters. The average molecular weight is 368 g/mol. The van der Waals surface area contributed by atoms with Gasteiger partial charge in [0.1, 0.15) is 5.75 Å². The third-order valence-corrected chi connectivity index (χ3v) is 4.80. The summed E-state index contributed by atoms with van der Waals surface area (Å²) in [6.07, 6.45) is 0. The molecule has 0 atom stereocenters. The van der Waals surface area contributed by atoms with Crippen molar-refractivity contribution in [2.24, 2.45) is 0 Å². The van der Waals surface area contributed by atoms with Crippen molar-refractivity contribution in [1.29, 1.82) is 0 Å². The molecule has 0 spiro atoms. The van der Waals surface area contributed by atoms with Crippen molar-refractivity contribution in [2.75, 3.05) is 11.9 Å². The van der Waals surface area contributed by atoms with Gasteiger partial charge in [-0.25, -0.2) is 0 Å². The van der Waals surface area contributed by atoms with Gasteiger partial charge >= 0.3 is 0 Å². The van der Waals surface area contributed by atoms with Crippen LogP contribution in [0.3, 0.4) is 0 Å². The molecule has 0 aliphatic carbocycles. The van der Waals surface area contributed by atoms with E-state index in [0.29, 0.717) is 0 Å². The van der Waals surface area contributed by atoms with Gasteiger partial charge in [0.05, 0.1) is 0 Å². The Morgan fingerprint density at radius 1 is 0.889 bits per heavy atom. The summed E-state index contributed by atoms with van der Waals surface area (Å²) < 4.78 is 5.91. The normalized spacial score (nSPS) is 12.0. The molecule has 0 saturated carbocycles. The molecule has 0 aromatic heterocycles. The smallest absolute Gasteiger partial charge is 0.262 e. The van der Waals surface area contributed by atoms with Gasteiger partial charge in [0.2, 0.25) is 0 Å². The van der Waals surface area contributed by atoms with Crippen LogP contribution in [-0.4, -0.2) is 12.5 Å². The highest BCUT2D eigenvalue weighted by Gasteiger charge is 2.23. The second-order valence-electron chi connectivity index (χ2n) is 9.35. The van der Waals surface area contributed by atoms with Gasteiger partial charge in [0.15, 0.2) is 6.61 Å². The van der Waals surface area contributed by atoms with Gasteiger partial charge < -0.3 is 10.1 Å². The van der Waals surface area contributed by atoms with E-state index < -0.39 is 0 Å². The highest BCUT2D eigenvalue weighted by atomic mass is 16.5. The van der Waals surface area contributed by atoms with Crippen LogP contribution in [0.2, 0.25) is 0 Å². The van der Waals surface area contributed by atoms with Crippen LogP contribution < -0.4 is 10.1 Å². The molecule has 3 heteroatoms. The third-order valence-electron chi connectivity index (χ3n) is 4.80. The highest BCUT2D eigenvalue weighted by molar-refractivity contribution is 5.92. The molecule has 3 nitrogen and oxygen atoms in total. The minimum atomic E-state index is -0.155. The molecular formula is C24H33NO2. The summed E-state index contributed by atoms with van der Waals surface area (Å²) >= 11 is 0. The van der Waals surface area contributed by atoms with Gasteiger partial charge in [-0.2, -0.15) is 0 Å². The van der Waals surface area contributed by atoms with E-state index in [1.807, 2.05) is 31.2 Å². The van der Waals surface area contributed by atoms with E-state index in [-0.39, 0.29) is 23.3 Å². The Balaban J connectivity index is 2.14. The Morgan fingerprint density at radius 2 is 1.56 bits per heavy atom. The van der Waals surface area contributed by atoms with Gasteiger partial charge in [0.25, 0.3) is 5.91 Å². The fourth-order valence-corrected chi connectivity index (χ4v) is 2.87. The number of aryl methyl sites for hydroxylation is 2. The third kappa shape index (κ3) is 5.59. The lowest BCUT2D eigenvalue weighted by molar-refractivity contribution is -0.118. The van der Waals surface area contributed by atoms with E-state index in [1.165, 1.54) is 11.1 Å². The summed E-state index contributed by atoms with van der Waals surface area (Å²) in [7, 11) is 0. The molecular weight excluding hydrogens is 334 g/mol. The first-order valence-corrected chi connectivity index (χ1v) is 9.53. The van der Waals surface area contributed by atoms with Crippen LogP contribution in [0.25, 0.3) is 0 Å². The molecule has 146 valence electrons. The van der Waals surface area contributed by atoms with Crippen LogP contribution in [0.15, 0.2) is 36.4 Å². The Hall–Kier alpha value is -2.29. The number of anilines is 1. The molecule has 2 aromatic rings. The molecule has 27 heavy (non-hydrogen) atoms. The number of hydrogen-bond acceptors (Lipinski definition) is 2. The molecule has 2 rings (SSSR count). The fraction of sp³-hybridized carbons (Fsp3) is 0.458.